The zero-order valence-corrected chi connectivity index (χ0v) is 7.61. The van der Waals surface area contributed by atoms with Crippen LogP contribution < -0.4 is 11.3 Å². The third kappa shape index (κ3) is 2.08. The van der Waals surface area contributed by atoms with Crippen LogP contribution in [-0.4, -0.2) is 19.0 Å². The van der Waals surface area contributed by atoms with Crippen LogP contribution in [0.5, 0.6) is 0 Å². The number of carbonyl (C=O) groups excluding carboxylic acids is 2. The Hall–Kier alpha value is -1.88. The number of ether oxygens (including phenoxy) is 1. The molecule has 0 aliphatic heterocycles. The minimum Gasteiger partial charge on any atom is -0.465 e. The van der Waals surface area contributed by atoms with Gasteiger partial charge in [-0.05, 0) is 18.2 Å². The second-order valence-electron chi connectivity index (χ2n) is 2.55. The van der Waals surface area contributed by atoms with E-state index in [0.717, 1.165) is 0 Å². The summed E-state index contributed by atoms with van der Waals surface area (Å²) in [4.78, 5) is 22.2. The first-order chi connectivity index (χ1) is 6.69. The molecule has 1 aromatic carbocycles. The number of hydrogen-bond acceptors (Lipinski definition) is 4. The van der Waals surface area contributed by atoms with Crippen molar-refractivity contribution in [2.45, 2.75) is 0 Å². The molecule has 0 aromatic heterocycles. The number of esters is 1. The lowest BCUT2D eigenvalue weighted by molar-refractivity contribution is 0.0600. The number of carbonyl (C=O) groups is 2. The van der Waals surface area contributed by atoms with Crippen molar-refractivity contribution in [2.75, 3.05) is 7.11 Å². The summed E-state index contributed by atoms with van der Waals surface area (Å²) in [6, 6.07) is 6.10. The second kappa shape index (κ2) is 4.38. The molecular weight excluding hydrogens is 184 g/mol. The molecule has 1 amide bonds. The van der Waals surface area contributed by atoms with E-state index in [1.807, 2.05) is 5.43 Å². The summed E-state index contributed by atoms with van der Waals surface area (Å²) >= 11 is 0. The molecule has 0 saturated carbocycles. The van der Waals surface area contributed by atoms with E-state index in [1.54, 1.807) is 18.2 Å². The summed E-state index contributed by atoms with van der Waals surface area (Å²) in [6.07, 6.45) is 0. The number of hydrazine groups is 1. The standard InChI is InChI=1S/C9H10N2O3/c1-14-9(13)7-4-2-3-6(5-7)8(12)11-10/h2-5H,10H2,1H3,(H,11,12). The summed E-state index contributed by atoms with van der Waals surface area (Å²) in [5.74, 6) is 4.01. The van der Waals surface area contributed by atoms with Gasteiger partial charge in [0.05, 0.1) is 12.7 Å². The first-order valence-corrected chi connectivity index (χ1v) is 3.88. The molecule has 0 radical (unpaired) electrons. The summed E-state index contributed by atoms with van der Waals surface area (Å²) in [6.45, 7) is 0. The quantitative estimate of drug-likeness (QED) is 0.302. The van der Waals surface area contributed by atoms with Crippen LogP contribution in [-0.2, 0) is 4.74 Å². The zero-order chi connectivity index (χ0) is 10.6. The average molecular weight is 194 g/mol. The molecule has 1 aromatic rings. The van der Waals surface area contributed by atoms with Gasteiger partial charge in [0, 0.05) is 5.56 Å². The van der Waals surface area contributed by atoms with Gasteiger partial charge < -0.3 is 4.74 Å². The topological polar surface area (TPSA) is 81.4 Å². The summed E-state index contributed by atoms with van der Waals surface area (Å²) in [7, 11) is 1.28. The third-order valence-corrected chi connectivity index (χ3v) is 1.68. The number of rotatable bonds is 2. The maximum Gasteiger partial charge on any atom is 0.337 e. The highest BCUT2D eigenvalue weighted by molar-refractivity contribution is 5.97. The maximum absolute atomic E-state index is 11.1. The van der Waals surface area contributed by atoms with E-state index in [1.165, 1.54) is 13.2 Å². The van der Waals surface area contributed by atoms with Crippen molar-refractivity contribution in [1.29, 1.82) is 0 Å². The van der Waals surface area contributed by atoms with Crippen molar-refractivity contribution in [3.05, 3.63) is 35.4 Å². The molecule has 3 N–H and O–H groups in total. The van der Waals surface area contributed by atoms with Crippen molar-refractivity contribution >= 4 is 11.9 Å². The third-order valence-electron chi connectivity index (χ3n) is 1.68. The Labute approximate surface area is 80.8 Å². The average Bonchev–Trinajstić information content (AvgIpc) is 2.27. The molecule has 0 unspecified atom stereocenters. The maximum atomic E-state index is 11.1. The van der Waals surface area contributed by atoms with Crippen LogP contribution in [0.15, 0.2) is 24.3 Å². The number of amides is 1. The largest absolute Gasteiger partial charge is 0.465 e. The van der Waals surface area contributed by atoms with Gasteiger partial charge in [0.1, 0.15) is 0 Å². The predicted molar refractivity (Wildman–Crippen MR) is 49.4 cm³/mol. The van der Waals surface area contributed by atoms with Crippen LogP contribution in [0.3, 0.4) is 0 Å². The molecular formula is C9H10N2O3. The lowest BCUT2D eigenvalue weighted by atomic mass is 10.1. The first-order valence-electron chi connectivity index (χ1n) is 3.88. The Morgan fingerprint density at radius 3 is 2.57 bits per heavy atom. The Morgan fingerprint density at radius 2 is 2.00 bits per heavy atom. The van der Waals surface area contributed by atoms with Crippen LogP contribution in [0.25, 0.3) is 0 Å². The van der Waals surface area contributed by atoms with E-state index in [9.17, 15) is 9.59 Å². The number of benzene rings is 1. The van der Waals surface area contributed by atoms with Gasteiger partial charge in [-0.25, -0.2) is 10.6 Å². The molecule has 5 heteroatoms. The van der Waals surface area contributed by atoms with Gasteiger partial charge in [-0.2, -0.15) is 0 Å². The molecule has 0 atom stereocenters. The summed E-state index contributed by atoms with van der Waals surface area (Å²) < 4.78 is 4.50. The van der Waals surface area contributed by atoms with E-state index in [-0.39, 0.29) is 0 Å². The predicted octanol–water partition coefficient (Wildman–Crippen LogP) is 0.0767. The van der Waals surface area contributed by atoms with Crippen molar-refractivity contribution in [1.82, 2.24) is 5.43 Å². The number of nitrogens with two attached hydrogens (primary N) is 1. The smallest absolute Gasteiger partial charge is 0.337 e. The highest BCUT2D eigenvalue weighted by Gasteiger charge is 2.08. The lowest BCUT2D eigenvalue weighted by Crippen LogP contribution is -2.30. The fourth-order valence-corrected chi connectivity index (χ4v) is 0.989. The number of nitrogen functional groups attached to an aromatic ring is 1. The van der Waals surface area contributed by atoms with Crippen LogP contribution in [0.2, 0.25) is 0 Å². The summed E-state index contributed by atoms with van der Waals surface area (Å²) in [5, 5.41) is 0. The highest BCUT2D eigenvalue weighted by atomic mass is 16.5. The number of nitrogens with one attached hydrogen (secondary N) is 1. The normalized spacial score (nSPS) is 9.29. The van der Waals surface area contributed by atoms with Crippen LogP contribution >= 0.6 is 0 Å². The van der Waals surface area contributed by atoms with Crippen molar-refractivity contribution in [2.24, 2.45) is 5.84 Å². The van der Waals surface area contributed by atoms with Gasteiger partial charge in [0.25, 0.3) is 5.91 Å². The van der Waals surface area contributed by atoms with Crippen molar-refractivity contribution in [3.8, 4) is 0 Å². The number of methoxy groups -OCH3 is 1. The van der Waals surface area contributed by atoms with Gasteiger partial charge in [-0.1, -0.05) is 6.07 Å². The van der Waals surface area contributed by atoms with Gasteiger partial charge in [0.15, 0.2) is 0 Å². The molecule has 1 rings (SSSR count). The Bertz CT molecular complexity index is 332. The minimum atomic E-state index is -0.489. The molecule has 14 heavy (non-hydrogen) atoms. The number of hydrogen-bond donors (Lipinski definition) is 2. The van der Waals surface area contributed by atoms with E-state index in [4.69, 9.17) is 5.84 Å². The SMILES string of the molecule is COC(=O)c1cccc(C(=O)NN)c1. The van der Waals surface area contributed by atoms with Gasteiger partial charge >= 0.3 is 5.97 Å². The van der Waals surface area contributed by atoms with E-state index in [0.29, 0.717) is 11.1 Å². The molecule has 0 saturated heterocycles. The highest BCUT2D eigenvalue weighted by Crippen LogP contribution is 2.06. The Kier molecular flexibility index (Phi) is 3.19. The molecule has 0 aliphatic carbocycles. The molecule has 74 valence electrons. The van der Waals surface area contributed by atoms with Crippen molar-refractivity contribution in [3.63, 3.8) is 0 Å². The van der Waals surface area contributed by atoms with Gasteiger partial charge in [0.2, 0.25) is 0 Å². The van der Waals surface area contributed by atoms with Crippen molar-refractivity contribution < 1.29 is 14.3 Å². The fraction of sp³-hybridized carbons (Fsp3) is 0.111. The van der Waals surface area contributed by atoms with Crippen LogP contribution in [0.1, 0.15) is 20.7 Å². The van der Waals surface area contributed by atoms with Gasteiger partial charge in [-0.15, -0.1) is 0 Å². The molecule has 0 bridgehead atoms. The minimum absolute atomic E-state index is 0.314. The molecule has 0 fully saturated rings. The first kappa shape index (κ1) is 10.2. The lowest BCUT2D eigenvalue weighted by Gasteiger charge is -2.02. The van der Waals surface area contributed by atoms with Crippen LogP contribution in [0, 0.1) is 0 Å². The molecule has 0 heterocycles. The Morgan fingerprint density at radius 1 is 1.36 bits per heavy atom. The molecule has 5 nitrogen and oxygen atoms in total. The van der Waals surface area contributed by atoms with E-state index in [2.05, 4.69) is 4.74 Å². The summed E-state index contributed by atoms with van der Waals surface area (Å²) in [5.41, 5.74) is 2.60. The zero-order valence-electron chi connectivity index (χ0n) is 7.61. The Balaban J connectivity index is 3.01. The van der Waals surface area contributed by atoms with Gasteiger partial charge in [-0.3, -0.25) is 10.2 Å². The molecule has 0 aliphatic rings. The van der Waals surface area contributed by atoms with E-state index >= 15 is 0 Å². The van der Waals surface area contributed by atoms with Crippen LogP contribution in [0.4, 0.5) is 0 Å². The molecule has 0 spiro atoms. The second-order valence-corrected chi connectivity index (χ2v) is 2.55. The fourth-order valence-electron chi connectivity index (χ4n) is 0.989. The van der Waals surface area contributed by atoms with E-state index < -0.39 is 11.9 Å². The monoisotopic (exact) mass is 194 g/mol.